The van der Waals surface area contributed by atoms with Crippen molar-refractivity contribution >= 4 is 12.0 Å². The van der Waals surface area contributed by atoms with E-state index in [-0.39, 0.29) is 18.5 Å². The van der Waals surface area contributed by atoms with Gasteiger partial charge in [0.1, 0.15) is 6.54 Å². The van der Waals surface area contributed by atoms with E-state index in [2.05, 4.69) is 5.10 Å². The van der Waals surface area contributed by atoms with Gasteiger partial charge in [-0.3, -0.25) is 9.48 Å². The summed E-state index contributed by atoms with van der Waals surface area (Å²) >= 11 is 0. The second-order valence-corrected chi connectivity index (χ2v) is 4.72. The van der Waals surface area contributed by atoms with E-state index < -0.39 is 0 Å². The van der Waals surface area contributed by atoms with Gasteiger partial charge in [0, 0.05) is 32.4 Å². The zero-order chi connectivity index (χ0) is 14.5. The summed E-state index contributed by atoms with van der Waals surface area (Å²) in [4.78, 5) is 27.1. The topological polar surface area (TPSA) is 67.7 Å². The van der Waals surface area contributed by atoms with Crippen LogP contribution in [-0.4, -0.2) is 64.4 Å². The van der Waals surface area contributed by atoms with Crippen LogP contribution < -0.4 is 0 Å². The number of amides is 2. The molecule has 1 aromatic heterocycles. The number of carbonyl (C=O) groups is 2. The fraction of sp³-hybridized carbons (Fsp3) is 0.615. The molecule has 0 saturated carbocycles. The highest BCUT2D eigenvalue weighted by molar-refractivity contribution is 5.76. The Kier molecular flexibility index (Phi) is 4.60. The number of piperazine rings is 1. The van der Waals surface area contributed by atoms with Gasteiger partial charge in [-0.25, -0.2) is 4.79 Å². The molecule has 2 rings (SSSR count). The molecular formula is C13H20N4O3. The highest BCUT2D eigenvalue weighted by atomic mass is 16.6. The number of aryl methyl sites for hydroxylation is 1. The van der Waals surface area contributed by atoms with Crippen LogP contribution in [0.5, 0.6) is 0 Å². The Morgan fingerprint density at radius 3 is 2.45 bits per heavy atom. The Morgan fingerprint density at radius 2 is 1.90 bits per heavy atom. The average molecular weight is 280 g/mol. The van der Waals surface area contributed by atoms with Gasteiger partial charge in [0.15, 0.2) is 0 Å². The van der Waals surface area contributed by atoms with E-state index in [4.69, 9.17) is 4.74 Å². The van der Waals surface area contributed by atoms with Crippen molar-refractivity contribution in [2.75, 3.05) is 32.8 Å². The molecule has 0 bridgehead atoms. The summed E-state index contributed by atoms with van der Waals surface area (Å²) in [6, 6.07) is 1.87. The molecule has 1 aliphatic rings. The van der Waals surface area contributed by atoms with Crippen LogP contribution >= 0.6 is 0 Å². The summed E-state index contributed by atoms with van der Waals surface area (Å²) in [6.07, 6.45) is 1.49. The Bertz CT molecular complexity index is 478. The monoisotopic (exact) mass is 280 g/mol. The van der Waals surface area contributed by atoms with E-state index in [0.717, 1.165) is 5.69 Å². The number of rotatable bonds is 3. The lowest BCUT2D eigenvalue weighted by atomic mass is 10.3. The largest absolute Gasteiger partial charge is 0.450 e. The highest BCUT2D eigenvalue weighted by Gasteiger charge is 2.24. The molecule has 0 aromatic carbocycles. The maximum Gasteiger partial charge on any atom is 0.409 e. The van der Waals surface area contributed by atoms with Gasteiger partial charge in [-0.1, -0.05) is 0 Å². The third-order valence-electron chi connectivity index (χ3n) is 3.23. The van der Waals surface area contributed by atoms with Gasteiger partial charge in [0.2, 0.25) is 5.91 Å². The van der Waals surface area contributed by atoms with Crippen LogP contribution in [0.15, 0.2) is 12.3 Å². The molecule has 20 heavy (non-hydrogen) atoms. The summed E-state index contributed by atoms with van der Waals surface area (Å²) < 4.78 is 6.58. The number of nitrogens with zero attached hydrogens (tertiary/aromatic N) is 4. The Hall–Kier alpha value is -2.05. The standard InChI is InChI=1S/C13H20N4O3/c1-3-20-13(19)16-8-6-15(7-9-16)12(18)10-17-5-4-11(2)14-17/h4-5H,3,6-10H2,1-2H3. The van der Waals surface area contributed by atoms with Crippen LogP contribution in [0.1, 0.15) is 12.6 Å². The smallest absolute Gasteiger partial charge is 0.409 e. The highest BCUT2D eigenvalue weighted by Crippen LogP contribution is 2.05. The minimum Gasteiger partial charge on any atom is -0.450 e. The zero-order valence-electron chi connectivity index (χ0n) is 11.9. The number of hydrogen-bond donors (Lipinski definition) is 0. The van der Waals surface area contributed by atoms with Crippen molar-refractivity contribution in [3.63, 3.8) is 0 Å². The molecule has 0 spiro atoms. The molecule has 0 aliphatic carbocycles. The minimum atomic E-state index is -0.303. The van der Waals surface area contributed by atoms with E-state index in [1.54, 1.807) is 27.6 Å². The van der Waals surface area contributed by atoms with Crippen LogP contribution in [0.4, 0.5) is 4.79 Å². The lowest BCUT2D eigenvalue weighted by Gasteiger charge is -2.34. The molecule has 7 nitrogen and oxygen atoms in total. The van der Waals surface area contributed by atoms with E-state index in [0.29, 0.717) is 32.8 Å². The fourth-order valence-corrected chi connectivity index (χ4v) is 2.14. The summed E-state index contributed by atoms with van der Waals surface area (Å²) in [5, 5.41) is 4.20. The zero-order valence-corrected chi connectivity index (χ0v) is 11.9. The van der Waals surface area contributed by atoms with Gasteiger partial charge in [-0.15, -0.1) is 0 Å². The van der Waals surface area contributed by atoms with E-state index in [1.807, 2.05) is 13.0 Å². The van der Waals surface area contributed by atoms with Crippen molar-refractivity contribution in [1.82, 2.24) is 19.6 Å². The van der Waals surface area contributed by atoms with Gasteiger partial charge < -0.3 is 14.5 Å². The van der Waals surface area contributed by atoms with E-state index >= 15 is 0 Å². The number of aromatic nitrogens is 2. The first-order valence-electron chi connectivity index (χ1n) is 6.79. The molecule has 0 radical (unpaired) electrons. The lowest BCUT2D eigenvalue weighted by Crippen LogP contribution is -2.51. The van der Waals surface area contributed by atoms with E-state index in [1.165, 1.54) is 0 Å². The van der Waals surface area contributed by atoms with Crippen LogP contribution in [0.3, 0.4) is 0 Å². The summed E-state index contributed by atoms with van der Waals surface area (Å²) in [6.45, 7) is 6.40. The molecule has 1 aliphatic heterocycles. The Morgan fingerprint density at radius 1 is 1.25 bits per heavy atom. The van der Waals surface area contributed by atoms with Gasteiger partial charge in [0.05, 0.1) is 12.3 Å². The van der Waals surface area contributed by atoms with Crippen LogP contribution in [0, 0.1) is 6.92 Å². The summed E-state index contributed by atoms with van der Waals surface area (Å²) in [5.74, 6) is 0.0246. The van der Waals surface area contributed by atoms with Crippen molar-refractivity contribution in [1.29, 1.82) is 0 Å². The molecule has 2 amide bonds. The Labute approximate surface area is 118 Å². The molecule has 0 N–H and O–H groups in total. The first-order chi connectivity index (χ1) is 9.60. The van der Waals surface area contributed by atoms with Gasteiger partial charge in [-0.05, 0) is 19.9 Å². The maximum atomic E-state index is 12.1. The molecule has 1 aromatic rings. The lowest BCUT2D eigenvalue weighted by molar-refractivity contribution is -0.133. The van der Waals surface area contributed by atoms with Crippen LogP contribution in [0.2, 0.25) is 0 Å². The van der Waals surface area contributed by atoms with Crippen molar-refractivity contribution in [3.05, 3.63) is 18.0 Å². The van der Waals surface area contributed by atoms with Gasteiger partial charge in [-0.2, -0.15) is 5.10 Å². The molecule has 2 heterocycles. The first kappa shape index (κ1) is 14.4. The molecule has 0 unspecified atom stereocenters. The summed E-state index contributed by atoms with van der Waals surface area (Å²) in [5.41, 5.74) is 0.893. The number of hydrogen-bond acceptors (Lipinski definition) is 4. The number of ether oxygens (including phenoxy) is 1. The van der Waals surface area contributed by atoms with Crippen molar-refractivity contribution in [2.24, 2.45) is 0 Å². The van der Waals surface area contributed by atoms with Crippen molar-refractivity contribution in [2.45, 2.75) is 20.4 Å². The second kappa shape index (κ2) is 6.40. The third-order valence-corrected chi connectivity index (χ3v) is 3.23. The quantitative estimate of drug-likeness (QED) is 0.808. The summed E-state index contributed by atoms with van der Waals surface area (Å²) in [7, 11) is 0. The van der Waals surface area contributed by atoms with E-state index in [9.17, 15) is 9.59 Å². The average Bonchev–Trinajstić information content (AvgIpc) is 2.84. The van der Waals surface area contributed by atoms with Gasteiger partial charge in [0.25, 0.3) is 0 Å². The van der Waals surface area contributed by atoms with Crippen LogP contribution in [-0.2, 0) is 16.1 Å². The molecule has 1 saturated heterocycles. The fourth-order valence-electron chi connectivity index (χ4n) is 2.14. The molecule has 7 heteroatoms. The second-order valence-electron chi connectivity index (χ2n) is 4.72. The van der Waals surface area contributed by atoms with Crippen LogP contribution in [0.25, 0.3) is 0 Å². The predicted molar refractivity (Wildman–Crippen MR) is 72.1 cm³/mol. The van der Waals surface area contributed by atoms with Crippen molar-refractivity contribution < 1.29 is 14.3 Å². The molecule has 110 valence electrons. The van der Waals surface area contributed by atoms with Gasteiger partial charge >= 0.3 is 6.09 Å². The predicted octanol–water partition coefficient (Wildman–Crippen LogP) is 0.492. The Balaban J connectivity index is 1.81. The third kappa shape index (κ3) is 3.49. The SMILES string of the molecule is CCOC(=O)N1CCN(C(=O)Cn2ccc(C)n2)CC1. The first-order valence-corrected chi connectivity index (χ1v) is 6.79. The normalized spacial score (nSPS) is 15.3. The molecular weight excluding hydrogens is 260 g/mol. The molecule has 1 fully saturated rings. The number of carbonyl (C=O) groups excluding carboxylic acids is 2. The maximum absolute atomic E-state index is 12.1. The molecule has 0 atom stereocenters. The minimum absolute atomic E-state index is 0.0246. The van der Waals surface area contributed by atoms with Crippen molar-refractivity contribution in [3.8, 4) is 0 Å².